The number of benzene rings is 2. The molecule has 0 unspecified atom stereocenters. The van der Waals surface area contributed by atoms with Crippen molar-refractivity contribution in [2.45, 2.75) is 12.7 Å². The summed E-state index contributed by atoms with van der Waals surface area (Å²) in [5, 5.41) is 2.91. The van der Waals surface area contributed by atoms with E-state index >= 15 is 0 Å². The fraction of sp³-hybridized carbons (Fsp3) is 0.200. The van der Waals surface area contributed by atoms with Crippen LogP contribution in [0.25, 0.3) is 0 Å². The summed E-state index contributed by atoms with van der Waals surface area (Å²) in [6, 6.07) is 10.4. The van der Waals surface area contributed by atoms with E-state index in [2.05, 4.69) is 5.32 Å². The molecule has 21 heavy (non-hydrogen) atoms. The van der Waals surface area contributed by atoms with Crippen LogP contribution in [0.3, 0.4) is 0 Å². The van der Waals surface area contributed by atoms with E-state index in [1.165, 1.54) is 19.2 Å². The van der Waals surface area contributed by atoms with Crippen molar-refractivity contribution in [1.29, 1.82) is 0 Å². The van der Waals surface area contributed by atoms with Gasteiger partial charge in [-0.25, -0.2) is 0 Å². The third kappa shape index (κ3) is 3.59. The molecule has 6 heteroatoms. The van der Waals surface area contributed by atoms with Crippen molar-refractivity contribution in [2.24, 2.45) is 0 Å². The zero-order valence-corrected chi connectivity index (χ0v) is 11.4. The summed E-state index contributed by atoms with van der Waals surface area (Å²) in [5.74, 6) is 0.591. The number of anilines is 2. The summed E-state index contributed by atoms with van der Waals surface area (Å²) >= 11 is 0. The van der Waals surface area contributed by atoms with Crippen molar-refractivity contribution in [3.63, 3.8) is 0 Å². The van der Waals surface area contributed by atoms with Gasteiger partial charge in [0.15, 0.2) is 0 Å². The molecule has 2 aromatic carbocycles. The molecule has 0 spiro atoms. The summed E-state index contributed by atoms with van der Waals surface area (Å²) in [4.78, 5) is 0. The van der Waals surface area contributed by atoms with Gasteiger partial charge >= 0.3 is 6.18 Å². The second-order valence-corrected chi connectivity index (χ2v) is 4.46. The van der Waals surface area contributed by atoms with Gasteiger partial charge in [-0.3, -0.25) is 0 Å². The smallest absolute Gasteiger partial charge is 0.416 e. The number of nitrogen functional groups attached to an aromatic ring is 1. The molecule has 0 amide bonds. The Morgan fingerprint density at radius 3 is 2.48 bits per heavy atom. The van der Waals surface area contributed by atoms with Crippen LogP contribution >= 0.6 is 0 Å². The highest BCUT2D eigenvalue weighted by Gasteiger charge is 2.32. The summed E-state index contributed by atoms with van der Waals surface area (Å²) in [6.45, 7) is 0.0339. The molecule has 112 valence electrons. The van der Waals surface area contributed by atoms with Gasteiger partial charge in [-0.15, -0.1) is 0 Å². The van der Waals surface area contributed by atoms with E-state index in [1.54, 1.807) is 24.3 Å². The molecular formula is C15H15F3N2O. The molecule has 0 heterocycles. The highest BCUT2D eigenvalue weighted by Crippen LogP contribution is 2.32. The first kappa shape index (κ1) is 15.0. The number of ether oxygens (including phenoxy) is 1. The standard InChI is InChI=1S/C15H15F3N2O/c1-21-11-6-7-14(13(19)8-11)20-9-10-4-2-3-5-12(10)15(16,17)18/h2-8,20H,9,19H2,1H3. The van der Waals surface area contributed by atoms with Crippen molar-refractivity contribution in [1.82, 2.24) is 0 Å². The summed E-state index contributed by atoms with van der Waals surface area (Å²) < 4.78 is 43.7. The lowest BCUT2D eigenvalue weighted by Crippen LogP contribution is -2.12. The monoisotopic (exact) mass is 296 g/mol. The Balaban J connectivity index is 2.17. The second kappa shape index (κ2) is 5.95. The van der Waals surface area contributed by atoms with Crippen molar-refractivity contribution >= 4 is 11.4 Å². The van der Waals surface area contributed by atoms with Crippen LogP contribution in [-0.2, 0) is 12.7 Å². The lowest BCUT2D eigenvalue weighted by Gasteiger charge is -2.15. The number of halogens is 3. The molecule has 0 radical (unpaired) electrons. The zero-order valence-electron chi connectivity index (χ0n) is 11.4. The number of nitrogens with two attached hydrogens (primary N) is 1. The van der Waals surface area contributed by atoms with E-state index in [1.807, 2.05) is 0 Å². The third-order valence-corrected chi connectivity index (χ3v) is 3.05. The molecule has 0 atom stereocenters. The van der Waals surface area contributed by atoms with Crippen molar-refractivity contribution in [2.75, 3.05) is 18.2 Å². The maximum atomic E-state index is 12.9. The quantitative estimate of drug-likeness (QED) is 0.841. The fourth-order valence-corrected chi connectivity index (χ4v) is 1.97. The van der Waals surface area contributed by atoms with Crippen LogP contribution in [0, 0.1) is 0 Å². The van der Waals surface area contributed by atoms with Gasteiger partial charge in [0, 0.05) is 12.6 Å². The Morgan fingerprint density at radius 2 is 1.86 bits per heavy atom. The first-order valence-electron chi connectivity index (χ1n) is 6.24. The highest BCUT2D eigenvalue weighted by atomic mass is 19.4. The molecule has 0 aliphatic carbocycles. The maximum Gasteiger partial charge on any atom is 0.416 e. The van der Waals surface area contributed by atoms with Gasteiger partial charge in [-0.05, 0) is 23.8 Å². The molecule has 0 bridgehead atoms. The van der Waals surface area contributed by atoms with E-state index in [9.17, 15) is 13.2 Å². The average molecular weight is 296 g/mol. The van der Waals surface area contributed by atoms with E-state index in [-0.39, 0.29) is 12.1 Å². The van der Waals surface area contributed by atoms with Gasteiger partial charge in [-0.1, -0.05) is 18.2 Å². The SMILES string of the molecule is COc1ccc(NCc2ccccc2C(F)(F)F)c(N)c1. The predicted molar refractivity (Wildman–Crippen MR) is 76.2 cm³/mol. The molecule has 3 nitrogen and oxygen atoms in total. The Hall–Kier alpha value is -2.37. The Labute approximate surface area is 120 Å². The Morgan fingerprint density at radius 1 is 1.14 bits per heavy atom. The Kier molecular flexibility index (Phi) is 4.26. The minimum Gasteiger partial charge on any atom is -0.497 e. The summed E-state index contributed by atoms with van der Waals surface area (Å²) in [7, 11) is 1.52. The molecule has 2 aromatic rings. The molecular weight excluding hydrogens is 281 g/mol. The van der Waals surface area contributed by atoms with Crippen LogP contribution in [0.5, 0.6) is 5.75 Å². The third-order valence-electron chi connectivity index (χ3n) is 3.05. The minimum absolute atomic E-state index is 0.0339. The molecule has 0 saturated carbocycles. The van der Waals surface area contributed by atoms with Crippen LogP contribution in [0.4, 0.5) is 24.5 Å². The van der Waals surface area contributed by atoms with Gasteiger partial charge in [-0.2, -0.15) is 13.2 Å². The van der Waals surface area contributed by atoms with Crippen LogP contribution in [-0.4, -0.2) is 7.11 Å². The van der Waals surface area contributed by atoms with E-state index in [4.69, 9.17) is 10.5 Å². The van der Waals surface area contributed by atoms with E-state index in [0.717, 1.165) is 6.07 Å². The fourth-order valence-electron chi connectivity index (χ4n) is 1.97. The lowest BCUT2D eigenvalue weighted by molar-refractivity contribution is -0.138. The topological polar surface area (TPSA) is 47.3 Å². The normalized spacial score (nSPS) is 11.2. The molecule has 0 aliphatic heterocycles. The van der Waals surface area contributed by atoms with Crippen LogP contribution in [0.2, 0.25) is 0 Å². The van der Waals surface area contributed by atoms with Crippen molar-refractivity contribution < 1.29 is 17.9 Å². The first-order chi connectivity index (χ1) is 9.91. The van der Waals surface area contributed by atoms with Crippen molar-refractivity contribution in [3.05, 3.63) is 53.6 Å². The largest absolute Gasteiger partial charge is 0.497 e. The zero-order chi connectivity index (χ0) is 15.5. The van der Waals surface area contributed by atoms with Gasteiger partial charge < -0.3 is 15.8 Å². The molecule has 0 fully saturated rings. The number of hydrogen-bond acceptors (Lipinski definition) is 3. The second-order valence-electron chi connectivity index (χ2n) is 4.46. The summed E-state index contributed by atoms with van der Waals surface area (Å²) in [6.07, 6.45) is -4.37. The average Bonchev–Trinajstić information content (AvgIpc) is 2.45. The Bertz CT molecular complexity index is 627. The molecule has 2 rings (SSSR count). The predicted octanol–water partition coefficient (Wildman–Crippen LogP) is 3.91. The van der Waals surface area contributed by atoms with Gasteiger partial charge in [0.25, 0.3) is 0 Å². The van der Waals surface area contributed by atoms with Crippen LogP contribution in [0.15, 0.2) is 42.5 Å². The van der Waals surface area contributed by atoms with Crippen molar-refractivity contribution in [3.8, 4) is 5.75 Å². The number of alkyl halides is 3. The minimum atomic E-state index is -4.37. The van der Waals surface area contributed by atoms with E-state index in [0.29, 0.717) is 17.1 Å². The molecule has 3 N–H and O–H groups in total. The maximum absolute atomic E-state index is 12.9. The number of hydrogen-bond donors (Lipinski definition) is 2. The van der Waals surface area contributed by atoms with Gasteiger partial charge in [0.1, 0.15) is 5.75 Å². The molecule has 0 saturated heterocycles. The summed E-state index contributed by atoms with van der Waals surface area (Å²) in [5.41, 5.74) is 6.32. The number of rotatable bonds is 4. The van der Waals surface area contributed by atoms with Crippen LogP contribution < -0.4 is 15.8 Å². The van der Waals surface area contributed by atoms with Gasteiger partial charge in [0.2, 0.25) is 0 Å². The highest BCUT2D eigenvalue weighted by molar-refractivity contribution is 5.68. The van der Waals surface area contributed by atoms with Crippen LogP contribution in [0.1, 0.15) is 11.1 Å². The number of nitrogens with one attached hydrogen (secondary N) is 1. The first-order valence-corrected chi connectivity index (χ1v) is 6.24. The van der Waals surface area contributed by atoms with Gasteiger partial charge in [0.05, 0.1) is 24.0 Å². The molecule has 0 aromatic heterocycles. The van der Waals surface area contributed by atoms with E-state index < -0.39 is 11.7 Å². The lowest BCUT2D eigenvalue weighted by atomic mass is 10.1. The molecule has 0 aliphatic rings. The number of methoxy groups -OCH3 is 1.